The van der Waals surface area contributed by atoms with Gasteiger partial charge < -0.3 is 4.74 Å². The molecule has 0 saturated heterocycles. The molecule has 0 aromatic carbocycles. The number of fused-ring (bicyclic) bond motifs is 1. The van der Waals surface area contributed by atoms with Crippen molar-refractivity contribution in [1.82, 2.24) is 14.8 Å². The van der Waals surface area contributed by atoms with Crippen LogP contribution in [0.15, 0.2) is 24.9 Å². The second-order valence-corrected chi connectivity index (χ2v) is 3.88. The Bertz CT molecular complexity index is 676. The van der Waals surface area contributed by atoms with Crippen LogP contribution in [-0.4, -0.2) is 33.6 Å². The van der Waals surface area contributed by atoms with Gasteiger partial charge in [0.1, 0.15) is 5.52 Å². The smallest absolute Gasteiger partial charge is 0.416 e. The first kappa shape index (κ1) is 14.0. The van der Waals surface area contributed by atoms with E-state index in [1.54, 1.807) is 6.92 Å². The Balaban J connectivity index is 2.50. The average Bonchev–Trinajstić information content (AvgIpc) is 2.79. The molecule has 8 heteroatoms. The van der Waals surface area contributed by atoms with Crippen LogP contribution in [0.1, 0.15) is 23.0 Å². The van der Waals surface area contributed by atoms with Crippen molar-refractivity contribution < 1.29 is 22.7 Å². The Kier molecular flexibility index (Phi) is 3.47. The lowest BCUT2D eigenvalue weighted by molar-refractivity contribution is -0.0686. The number of alkyl halides is 3. The van der Waals surface area contributed by atoms with Gasteiger partial charge in [0, 0.05) is 6.20 Å². The van der Waals surface area contributed by atoms with Gasteiger partial charge >= 0.3 is 12.1 Å². The molecular formula is C12H10F3N3O2. The van der Waals surface area contributed by atoms with Crippen molar-refractivity contribution in [3.63, 3.8) is 0 Å². The van der Waals surface area contributed by atoms with Gasteiger partial charge in [-0.2, -0.15) is 13.2 Å². The lowest BCUT2D eigenvalue weighted by atomic mass is 10.1. The summed E-state index contributed by atoms with van der Waals surface area (Å²) >= 11 is 0. The number of allylic oxidation sites excluding steroid dienone is 1. The van der Waals surface area contributed by atoms with E-state index in [2.05, 4.69) is 16.9 Å². The van der Waals surface area contributed by atoms with Crippen LogP contribution in [0.5, 0.6) is 0 Å². The Morgan fingerprint density at radius 1 is 1.50 bits per heavy atom. The molecule has 2 rings (SSSR count). The number of carbonyl (C=O) groups is 1. The molecule has 0 N–H and O–H groups in total. The fourth-order valence-electron chi connectivity index (χ4n) is 1.59. The Morgan fingerprint density at radius 2 is 2.20 bits per heavy atom. The molecule has 2 aromatic heterocycles. The summed E-state index contributed by atoms with van der Waals surface area (Å²) in [6.45, 7) is 4.75. The summed E-state index contributed by atoms with van der Waals surface area (Å²) in [5, 5.41) is 7.24. The molecule has 0 atom stereocenters. The van der Waals surface area contributed by atoms with Gasteiger partial charge in [0.05, 0.1) is 12.2 Å². The average molecular weight is 285 g/mol. The zero-order chi connectivity index (χ0) is 14.9. The molecule has 0 unspecified atom stereocenters. The zero-order valence-electron chi connectivity index (χ0n) is 10.4. The van der Waals surface area contributed by atoms with Gasteiger partial charge in [0.15, 0.2) is 5.69 Å². The summed E-state index contributed by atoms with van der Waals surface area (Å²) in [4.78, 5) is 11.6. The molecule has 106 valence electrons. The van der Waals surface area contributed by atoms with Crippen molar-refractivity contribution in [2.24, 2.45) is 0 Å². The van der Waals surface area contributed by atoms with Gasteiger partial charge in [0.2, 0.25) is 0 Å². The van der Waals surface area contributed by atoms with E-state index in [-0.39, 0.29) is 23.4 Å². The Labute approximate surface area is 111 Å². The number of hydrogen-bond donors (Lipinski definition) is 0. The van der Waals surface area contributed by atoms with E-state index in [4.69, 9.17) is 4.74 Å². The minimum absolute atomic E-state index is 0.131. The summed E-state index contributed by atoms with van der Waals surface area (Å²) < 4.78 is 43.8. The summed E-state index contributed by atoms with van der Waals surface area (Å²) in [6, 6.07) is 2.36. The summed E-state index contributed by atoms with van der Waals surface area (Å²) in [7, 11) is 0. The van der Waals surface area contributed by atoms with Gasteiger partial charge in [-0.1, -0.05) is 11.8 Å². The monoisotopic (exact) mass is 285 g/mol. The topological polar surface area (TPSA) is 56.5 Å². The number of esters is 1. The second-order valence-electron chi connectivity index (χ2n) is 3.88. The van der Waals surface area contributed by atoms with Crippen LogP contribution in [0.25, 0.3) is 11.1 Å². The molecule has 0 aliphatic heterocycles. The molecule has 0 spiro atoms. The fraction of sp³-hybridized carbons (Fsp3) is 0.250. The van der Waals surface area contributed by atoms with Crippen LogP contribution in [0.2, 0.25) is 0 Å². The lowest BCUT2D eigenvalue weighted by Gasteiger charge is -2.10. The van der Waals surface area contributed by atoms with Gasteiger partial charge in [-0.15, -0.1) is 5.10 Å². The third-order valence-electron chi connectivity index (χ3n) is 2.58. The van der Waals surface area contributed by atoms with Crippen molar-refractivity contribution >= 4 is 17.1 Å². The van der Waals surface area contributed by atoms with E-state index in [1.165, 1.54) is 16.8 Å². The Hall–Kier alpha value is -2.38. The maximum Gasteiger partial charge on any atom is 0.416 e. The van der Waals surface area contributed by atoms with Gasteiger partial charge in [0.25, 0.3) is 0 Å². The first-order valence-electron chi connectivity index (χ1n) is 5.63. The van der Waals surface area contributed by atoms with Crippen LogP contribution in [0, 0.1) is 0 Å². The number of halogens is 3. The molecule has 0 aliphatic carbocycles. The number of pyridine rings is 1. The molecule has 0 saturated carbocycles. The van der Waals surface area contributed by atoms with Crippen molar-refractivity contribution in [3.8, 4) is 0 Å². The van der Waals surface area contributed by atoms with Gasteiger partial charge in [-0.05, 0) is 24.6 Å². The largest absolute Gasteiger partial charge is 0.461 e. The Morgan fingerprint density at radius 3 is 2.80 bits per heavy atom. The third-order valence-corrected chi connectivity index (χ3v) is 2.58. The van der Waals surface area contributed by atoms with Crippen molar-refractivity contribution in [3.05, 3.63) is 36.2 Å². The predicted octanol–water partition coefficient (Wildman–Crippen LogP) is 2.48. The van der Waals surface area contributed by atoms with Crippen LogP contribution >= 0.6 is 0 Å². The highest BCUT2D eigenvalue weighted by molar-refractivity contribution is 5.95. The van der Waals surface area contributed by atoms with E-state index < -0.39 is 17.7 Å². The lowest BCUT2D eigenvalue weighted by Crippen LogP contribution is -2.10. The molecule has 5 nitrogen and oxygen atoms in total. The van der Waals surface area contributed by atoms with E-state index >= 15 is 0 Å². The number of hydrogen-bond acceptors (Lipinski definition) is 4. The number of carbonyl (C=O) groups excluding carboxylic acids is 1. The van der Waals surface area contributed by atoms with E-state index in [9.17, 15) is 18.0 Å². The minimum Gasteiger partial charge on any atom is -0.461 e. The zero-order valence-corrected chi connectivity index (χ0v) is 10.4. The molecule has 20 heavy (non-hydrogen) atoms. The number of nitrogens with zero attached hydrogens (tertiary/aromatic N) is 3. The molecule has 2 heterocycles. The van der Waals surface area contributed by atoms with E-state index in [0.29, 0.717) is 0 Å². The number of ether oxygens (including phenoxy) is 1. The SMILES string of the molecule is C=C(c1ccn2nnc(C(=O)OCC)c2c1)C(F)(F)F. The summed E-state index contributed by atoms with van der Waals surface area (Å²) in [5.41, 5.74) is -1.16. The highest BCUT2D eigenvalue weighted by atomic mass is 19.4. The summed E-state index contributed by atoms with van der Waals surface area (Å²) in [5.74, 6) is -0.739. The maximum atomic E-state index is 12.6. The molecule has 2 aromatic rings. The summed E-state index contributed by atoms with van der Waals surface area (Å²) in [6.07, 6.45) is -3.27. The normalized spacial score (nSPS) is 11.6. The van der Waals surface area contributed by atoms with E-state index in [0.717, 1.165) is 6.07 Å². The standard InChI is InChI=1S/C12H10F3N3O2/c1-3-20-11(19)10-9-6-8(7(2)12(13,14)15)4-5-18(9)17-16-10/h4-6H,2-3H2,1H3. The molecule has 0 amide bonds. The highest BCUT2D eigenvalue weighted by Crippen LogP contribution is 2.32. The van der Waals surface area contributed by atoms with Crippen molar-refractivity contribution in [2.45, 2.75) is 13.1 Å². The van der Waals surface area contributed by atoms with Crippen molar-refractivity contribution in [1.29, 1.82) is 0 Å². The van der Waals surface area contributed by atoms with Gasteiger partial charge in [-0.25, -0.2) is 9.31 Å². The molecule has 0 fully saturated rings. The van der Waals surface area contributed by atoms with Crippen LogP contribution in [0.4, 0.5) is 13.2 Å². The predicted molar refractivity (Wildman–Crippen MR) is 64.0 cm³/mol. The third kappa shape index (κ3) is 2.49. The fourth-order valence-corrected chi connectivity index (χ4v) is 1.59. The highest BCUT2D eigenvalue weighted by Gasteiger charge is 2.33. The van der Waals surface area contributed by atoms with Crippen molar-refractivity contribution in [2.75, 3.05) is 6.61 Å². The first-order chi connectivity index (χ1) is 9.34. The van der Waals surface area contributed by atoms with Crippen LogP contribution < -0.4 is 0 Å². The number of rotatable bonds is 3. The second kappa shape index (κ2) is 4.95. The molecular weight excluding hydrogens is 275 g/mol. The first-order valence-corrected chi connectivity index (χ1v) is 5.63. The minimum atomic E-state index is -4.55. The van der Waals surface area contributed by atoms with E-state index in [1.807, 2.05) is 0 Å². The molecule has 0 aliphatic rings. The number of aromatic nitrogens is 3. The van der Waals surface area contributed by atoms with Crippen LogP contribution in [0.3, 0.4) is 0 Å². The quantitative estimate of drug-likeness (QED) is 0.813. The maximum absolute atomic E-state index is 12.6. The molecule has 0 bridgehead atoms. The molecule has 0 radical (unpaired) electrons. The van der Waals surface area contributed by atoms with Gasteiger partial charge in [-0.3, -0.25) is 0 Å². The van der Waals surface area contributed by atoms with Crippen LogP contribution in [-0.2, 0) is 4.74 Å².